The lowest BCUT2D eigenvalue weighted by Gasteiger charge is -2.13. The molecule has 25 aromatic rings. The van der Waals surface area contributed by atoms with Gasteiger partial charge in [-0.3, -0.25) is 0 Å². The van der Waals surface area contributed by atoms with Crippen molar-refractivity contribution in [3.63, 3.8) is 0 Å². The lowest BCUT2D eigenvalue weighted by Crippen LogP contribution is -1.99. The van der Waals surface area contributed by atoms with Crippen LogP contribution in [0.4, 0.5) is 0 Å². The Kier molecular flexibility index (Phi) is 17.8. The van der Waals surface area contributed by atoms with E-state index in [0.29, 0.717) is 0 Å². The van der Waals surface area contributed by atoms with Crippen molar-refractivity contribution in [2.45, 2.75) is 0 Å². The van der Waals surface area contributed by atoms with Gasteiger partial charge in [0.1, 0.15) is 0 Å². The lowest BCUT2D eigenvalue weighted by molar-refractivity contribution is 1.15. The molecule has 19 aromatic carbocycles. The van der Waals surface area contributed by atoms with Gasteiger partial charge in [0.25, 0.3) is 0 Å². The molecule has 0 aliphatic carbocycles. The third-order valence-corrected chi connectivity index (χ3v) is 25.1. The van der Waals surface area contributed by atoms with E-state index in [-0.39, 0.29) is 0 Å². The molecule has 6 heteroatoms. The summed E-state index contributed by atoms with van der Waals surface area (Å²) in [5.74, 6) is 0. The molecule has 0 N–H and O–H groups in total. The molecule has 124 heavy (non-hydrogen) atoms. The Morgan fingerprint density at radius 3 is 0.790 bits per heavy atom. The van der Waals surface area contributed by atoms with Gasteiger partial charge >= 0.3 is 0 Å². The summed E-state index contributed by atoms with van der Waals surface area (Å²) in [6.45, 7) is 7.80. The van der Waals surface area contributed by atoms with Gasteiger partial charge in [-0.25, -0.2) is 0 Å². The van der Waals surface area contributed by atoms with Crippen molar-refractivity contribution < 1.29 is 0 Å². The molecule has 0 aliphatic heterocycles. The average Bonchev–Trinajstić information content (AvgIpc) is 1.55. The zero-order chi connectivity index (χ0) is 82.3. The number of benzene rings is 19. The van der Waals surface area contributed by atoms with Crippen LogP contribution >= 0.6 is 0 Å². The molecule has 6 aromatic heterocycles. The molecule has 25 rings (SSSR count). The molecule has 6 heterocycles. The van der Waals surface area contributed by atoms with Gasteiger partial charge in [0.05, 0.1) is 66.2 Å². The van der Waals surface area contributed by atoms with Crippen LogP contribution in [0.5, 0.6) is 0 Å². The summed E-state index contributed by atoms with van der Waals surface area (Å²) in [5, 5.41) is 15.1. The number of nitrogens with zero attached hydrogens (tertiary/aromatic N) is 6. The smallest absolute Gasteiger partial charge is 0.0788 e. The number of rotatable bonds is 12. The van der Waals surface area contributed by atoms with Crippen molar-refractivity contribution in [1.29, 1.82) is 0 Å². The summed E-state index contributed by atoms with van der Waals surface area (Å²) in [6, 6.07) is 162. The van der Waals surface area contributed by atoms with Crippen LogP contribution < -0.4 is 0 Å². The highest BCUT2D eigenvalue weighted by molar-refractivity contribution is 6.27. The van der Waals surface area contributed by atoms with Crippen LogP contribution in [0.1, 0.15) is 11.1 Å². The largest absolute Gasteiger partial charge is 0.309 e. The molecule has 0 amide bonds. The molecule has 0 saturated carbocycles. The second-order valence-electron chi connectivity index (χ2n) is 32.0. The van der Waals surface area contributed by atoms with Crippen LogP contribution in [0.2, 0.25) is 0 Å². The Morgan fingerprint density at radius 1 is 0.145 bits per heavy atom. The fraction of sp³-hybridized carbons (Fsp3) is 0. The van der Waals surface area contributed by atoms with Crippen molar-refractivity contribution in [2.24, 2.45) is 0 Å². The lowest BCUT2D eigenvalue weighted by atomic mass is 10.0. The van der Waals surface area contributed by atoms with Gasteiger partial charge in [0, 0.05) is 98.8 Å². The number of hydrogen-bond acceptors (Lipinski definition) is 0. The Bertz CT molecular complexity index is 8130. The first-order chi connectivity index (χ1) is 61.5. The fourth-order valence-electron chi connectivity index (χ4n) is 19.4. The number of fused-ring (bicyclic) bond motifs is 20. The molecule has 6 nitrogen and oxygen atoms in total. The summed E-state index contributed by atoms with van der Waals surface area (Å²) in [7, 11) is 0. The Hall–Kier alpha value is -16.5. The zero-order valence-electron chi connectivity index (χ0n) is 68.0. The van der Waals surface area contributed by atoms with Crippen molar-refractivity contribution in [3.8, 4) is 78.6 Å². The average molecular weight is 1580 g/mol. The molecular formula is C118H80N6. The molecule has 0 bridgehead atoms. The van der Waals surface area contributed by atoms with E-state index in [9.17, 15) is 0 Å². The van der Waals surface area contributed by atoms with E-state index >= 15 is 0 Å². The van der Waals surface area contributed by atoms with E-state index in [1.54, 1.807) is 0 Å². The fourth-order valence-corrected chi connectivity index (χ4v) is 19.4. The molecule has 0 spiro atoms. The van der Waals surface area contributed by atoms with E-state index in [1.807, 2.05) is 12.2 Å². The molecule has 0 unspecified atom stereocenters. The maximum Gasteiger partial charge on any atom is 0.0788 e. The minimum Gasteiger partial charge on any atom is -0.309 e. The maximum atomic E-state index is 3.90. The normalized spacial score (nSPS) is 11.6. The monoisotopic (exact) mass is 1580 g/mol. The maximum absolute atomic E-state index is 3.90. The highest BCUT2D eigenvalue weighted by Gasteiger charge is 2.25. The van der Waals surface area contributed by atoms with Crippen molar-refractivity contribution in [2.75, 3.05) is 0 Å². The quantitative estimate of drug-likeness (QED) is 0.117. The Balaban J connectivity index is 0.000000109. The molecule has 0 saturated heterocycles. The summed E-state index contributed by atoms with van der Waals surface area (Å²) in [5.41, 5.74) is 33.4. The predicted octanol–water partition coefficient (Wildman–Crippen LogP) is 31.6. The minimum absolute atomic E-state index is 1.12. The summed E-state index contributed by atoms with van der Waals surface area (Å²) < 4.78 is 14.6. The standard InChI is InChI=1S/C46H32N2.C42H28N2.C30H20N2/c1-3-31-13-17-33(18-14-31)35-21-25-37(26-22-35)47-43-11-7-5-9-39(43)41-29-30-42-40-10-6-8-12-44(40)48(46(42)45(41)47)38-27-23-36(24-28-38)34-19-15-32(4-2)16-20-34;1-3-13-29(14-4-1)31-17-11-19-33(27-31)43-39-24-10-8-22-37(39)41-40(43)26-25-36-35-21-7-9-23-38(35)44(42(36)41)34-20-12-18-32(28-34)30-15-5-2-6-16-30;1-3-11-21(12-4-1)31-27-17-9-7-15-23(27)25-20-30-26(19-29(25)31)24-16-8-10-18-28(24)32(30)22-13-5-2-6-14-22/h3-30H,1-2H2;1-28H;1-20H. The second-order valence-corrected chi connectivity index (χ2v) is 32.0. The zero-order valence-corrected chi connectivity index (χ0v) is 68.0. The van der Waals surface area contributed by atoms with Gasteiger partial charge < -0.3 is 27.4 Å². The highest BCUT2D eigenvalue weighted by Crippen LogP contribution is 2.47. The van der Waals surface area contributed by atoms with E-state index in [4.69, 9.17) is 0 Å². The van der Waals surface area contributed by atoms with E-state index in [2.05, 4.69) is 489 Å². The minimum atomic E-state index is 1.12. The SMILES string of the molecule is C=Cc1ccc(-c2ccc(-n3c4ccccc4c4ccc5c6ccccc6n(-c6ccc(-c7ccc(C=C)cc7)cc6)c5c43)cc2)cc1.c1ccc(-c2cccc(-n3c4ccccc4c4c3ccc3c5ccccc5n(-c5cccc(-c6ccccc6)c5)c34)c2)cc1.c1ccc(-n2c3ccccc3c3cc4c(cc32)c2ccccc2n4-c2ccccc2)cc1. The van der Waals surface area contributed by atoms with E-state index in [0.717, 1.165) is 33.9 Å². The second kappa shape index (κ2) is 30.4. The summed E-state index contributed by atoms with van der Waals surface area (Å²) in [6.07, 6.45) is 3.76. The summed E-state index contributed by atoms with van der Waals surface area (Å²) in [4.78, 5) is 0. The van der Waals surface area contributed by atoms with Gasteiger partial charge in [0.2, 0.25) is 0 Å². The van der Waals surface area contributed by atoms with E-state index < -0.39 is 0 Å². The first-order valence-electron chi connectivity index (χ1n) is 42.4. The van der Waals surface area contributed by atoms with Crippen molar-refractivity contribution >= 4 is 143 Å². The van der Waals surface area contributed by atoms with Crippen LogP contribution in [-0.4, -0.2) is 27.4 Å². The predicted molar refractivity (Wildman–Crippen MR) is 527 cm³/mol. The number of hydrogen-bond donors (Lipinski definition) is 0. The molecule has 0 fully saturated rings. The van der Waals surface area contributed by atoms with Crippen LogP contribution in [0.15, 0.2) is 462 Å². The van der Waals surface area contributed by atoms with Gasteiger partial charge in [-0.1, -0.05) is 347 Å². The van der Waals surface area contributed by atoms with Crippen LogP contribution in [0.3, 0.4) is 0 Å². The van der Waals surface area contributed by atoms with Gasteiger partial charge in [0.15, 0.2) is 0 Å². The van der Waals surface area contributed by atoms with Crippen LogP contribution in [0.25, 0.3) is 222 Å². The van der Waals surface area contributed by atoms with Crippen molar-refractivity contribution in [3.05, 3.63) is 473 Å². The van der Waals surface area contributed by atoms with Crippen molar-refractivity contribution in [1.82, 2.24) is 27.4 Å². The third kappa shape index (κ3) is 12.2. The summed E-state index contributed by atoms with van der Waals surface area (Å²) >= 11 is 0. The van der Waals surface area contributed by atoms with Crippen LogP contribution in [-0.2, 0) is 0 Å². The molecule has 0 aliphatic rings. The van der Waals surface area contributed by atoms with Gasteiger partial charge in [-0.05, 0) is 183 Å². The number of para-hydroxylation sites is 8. The highest BCUT2D eigenvalue weighted by atomic mass is 15.1. The first-order valence-corrected chi connectivity index (χ1v) is 42.4. The first kappa shape index (κ1) is 72.7. The Labute approximate surface area is 717 Å². The number of aromatic nitrogens is 6. The topological polar surface area (TPSA) is 29.6 Å². The van der Waals surface area contributed by atoms with E-state index in [1.165, 1.54) is 187 Å². The molecule has 582 valence electrons. The third-order valence-electron chi connectivity index (χ3n) is 25.1. The van der Waals surface area contributed by atoms with Crippen LogP contribution in [0, 0.1) is 0 Å². The molecule has 0 atom stereocenters. The molecular weight excluding hydrogens is 1500 g/mol. The van der Waals surface area contributed by atoms with Gasteiger partial charge in [-0.15, -0.1) is 0 Å². The molecule has 0 radical (unpaired) electrons. The Morgan fingerprint density at radius 2 is 0.403 bits per heavy atom. The van der Waals surface area contributed by atoms with Gasteiger partial charge in [-0.2, -0.15) is 0 Å².